The molecule has 9 rings (SSSR count). The fourth-order valence-electron chi connectivity index (χ4n) is 7.08. The molecular formula is C41H26N4O2. The quantitative estimate of drug-likeness (QED) is 0.184. The molecule has 6 heteroatoms. The molecule has 1 aliphatic heterocycles. The third kappa shape index (κ3) is 4.02. The standard InChI is InChI=1S/C41H26N4O2/c1-41(2)46-39-19-15-27(44-35-11-7-5-9-29(35)31-21-25(42-3)13-17-37(31)44)23-33(39)34-24-28(16-20-40(34)47-41)45-36-12-8-6-10-30(36)32-22-26(43-4)14-18-38(32)45/h5-24H,1-2H3. The van der Waals surface area contributed by atoms with Gasteiger partial charge in [0, 0.05) is 47.1 Å². The SMILES string of the molecule is [C-]#[N+]c1ccc2c(c1)c1ccccc1n2-c1ccc2c(c1)-c1cc(-n3c4ccccc4c4cc([N+]#[C-])ccc43)ccc1OC(C)(C)O2. The lowest BCUT2D eigenvalue weighted by Gasteiger charge is -2.25. The zero-order chi connectivity index (χ0) is 31.9. The van der Waals surface area contributed by atoms with Gasteiger partial charge in [-0.05, 0) is 83.6 Å². The Hall–Kier alpha value is -6.50. The van der Waals surface area contributed by atoms with Crippen molar-refractivity contribution in [1.82, 2.24) is 9.13 Å². The molecule has 0 saturated heterocycles. The number of hydrogen-bond acceptors (Lipinski definition) is 2. The van der Waals surface area contributed by atoms with Crippen LogP contribution in [0.25, 0.3) is 75.8 Å². The third-order valence-corrected chi connectivity index (χ3v) is 9.01. The van der Waals surface area contributed by atoms with Gasteiger partial charge in [0.05, 0.1) is 35.2 Å². The number of para-hydroxylation sites is 2. The van der Waals surface area contributed by atoms with Crippen molar-refractivity contribution < 1.29 is 9.47 Å². The molecule has 0 bridgehead atoms. The first-order valence-corrected chi connectivity index (χ1v) is 15.4. The predicted molar refractivity (Wildman–Crippen MR) is 188 cm³/mol. The fraction of sp³-hybridized carbons (Fsp3) is 0.0732. The van der Waals surface area contributed by atoms with Gasteiger partial charge >= 0.3 is 0 Å². The highest BCUT2D eigenvalue weighted by Crippen LogP contribution is 2.46. The second kappa shape index (κ2) is 9.75. The molecule has 222 valence electrons. The number of benzene rings is 6. The molecule has 8 aromatic rings. The lowest BCUT2D eigenvalue weighted by molar-refractivity contribution is -0.0778. The number of rotatable bonds is 2. The van der Waals surface area contributed by atoms with Crippen LogP contribution in [0.5, 0.6) is 11.5 Å². The summed E-state index contributed by atoms with van der Waals surface area (Å²) in [7, 11) is 0. The summed E-state index contributed by atoms with van der Waals surface area (Å²) in [4.78, 5) is 7.37. The molecule has 0 radical (unpaired) electrons. The average molecular weight is 607 g/mol. The van der Waals surface area contributed by atoms with Crippen molar-refractivity contribution in [3.63, 3.8) is 0 Å². The normalized spacial score (nSPS) is 13.4. The van der Waals surface area contributed by atoms with Crippen molar-refractivity contribution in [1.29, 1.82) is 0 Å². The molecule has 0 unspecified atom stereocenters. The van der Waals surface area contributed by atoms with E-state index in [2.05, 4.69) is 67.4 Å². The lowest BCUT2D eigenvalue weighted by Crippen LogP contribution is -2.34. The topological polar surface area (TPSA) is 37.0 Å². The maximum absolute atomic E-state index is 7.58. The fourth-order valence-corrected chi connectivity index (χ4v) is 7.08. The molecule has 0 fully saturated rings. The molecule has 0 amide bonds. The van der Waals surface area contributed by atoms with E-state index in [-0.39, 0.29) is 0 Å². The Balaban J connectivity index is 1.30. The van der Waals surface area contributed by atoms with Crippen molar-refractivity contribution in [2.75, 3.05) is 0 Å². The molecule has 3 heterocycles. The first-order valence-electron chi connectivity index (χ1n) is 15.4. The first-order chi connectivity index (χ1) is 22.9. The second-order valence-corrected chi connectivity index (χ2v) is 12.3. The maximum Gasteiger partial charge on any atom is 0.245 e. The summed E-state index contributed by atoms with van der Waals surface area (Å²) < 4.78 is 17.5. The monoisotopic (exact) mass is 606 g/mol. The van der Waals surface area contributed by atoms with Crippen LogP contribution < -0.4 is 9.47 Å². The summed E-state index contributed by atoms with van der Waals surface area (Å²) >= 11 is 0. The Kier molecular flexibility index (Phi) is 5.57. The highest BCUT2D eigenvalue weighted by molar-refractivity contribution is 6.11. The van der Waals surface area contributed by atoms with Crippen LogP contribution in [0.1, 0.15) is 13.8 Å². The maximum atomic E-state index is 7.58. The molecule has 0 spiro atoms. The molecule has 1 aliphatic rings. The van der Waals surface area contributed by atoms with Crippen molar-refractivity contribution >= 4 is 55.0 Å². The van der Waals surface area contributed by atoms with E-state index >= 15 is 0 Å². The zero-order valence-electron chi connectivity index (χ0n) is 25.7. The van der Waals surface area contributed by atoms with Gasteiger partial charge in [0.15, 0.2) is 11.4 Å². The summed E-state index contributed by atoms with van der Waals surface area (Å²) in [6.07, 6.45) is 0. The van der Waals surface area contributed by atoms with Crippen LogP contribution in [0.3, 0.4) is 0 Å². The number of nitrogens with zero attached hydrogens (tertiary/aromatic N) is 4. The van der Waals surface area contributed by atoms with Crippen molar-refractivity contribution in [2.24, 2.45) is 0 Å². The Morgan fingerprint density at radius 1 is 0.489 bits per heavy atom. The van der Waals surface area contributed by atoms with Gasteiger partial charge in [-0.3, -0.25) is 0 Å². The summed E-state index contributed by atoms with van der Waals surface area (Å²) in [6, 6.07) is 41.0. The molecule has 0 saturated carbocycles. The molecule has 2 aromatic heterocycles. The Morgan fingerprint density at radius 3 is 1.36 bits per heavy atom. The van der Waals surface area contributed by atoms with Crippen LogP contribution in [0, 0.1) is 13.1 Å². The van der Waals surface area contributed by atoms with Gasteiger partial charge in [0.25, 0.3) is 0 Å². The number of fused-ring (bicyclic) bond motifs is 9. The second-order valence-electron chi connectivity index (χ2n) is 12.3. The van der Waals surface area contributed by atoms with Crippen LogP contribution >= 0.6 is 0 Å². The molecule has 47 heavy (non-hydrogen) atoms. The highest BCUT2D eigenvalue weighted by Gasteiger charge is 2.30. The summed E-state index contributed by atoms with van der Waals surface area (Å²) in [5.41, 5.74) is 9.23. The van der Waals surface area contributed by atoms with Crippen molar-refractivity contribution in [3.05, 3.63) is 144 Å². The van der Waals surface area contributed by atoms with E-state index in [1.807, 2.05) is 86.6 Å². The largest absolute Gasteiger partial charge is 0.452 e. The predicted octanol–water partition coefficient (Wildman–Crippen LogP) is 11.2. The van der Waals surface area contributed by atoms with Gasteiger partial charge in [0.2, 0.25) is 5.79 Å². The first kappa shape index (κ1) is 26.9. The Labute approximate surface area is 270 Å². The summed E-state index contributed by atoms with van der Waals surface area (Å²) in [5, 5.41) is 4.28. The minimum Gasteiger partial charge on any atom is -0.452 e. The van der Waals surface area contributed by atoms with E-state index < -0.39 is 5.79 Å². The van der Waals surface area contributed by atoms with E-state index in [0.717, 1.165) is 77.6 Å². The van der Waals surface area contributed by atoms with E-state index in [1.54, 1.807) is 0 Å². The molecule has 0 aliphatic carbocycles. The van der Waals surface area contributed by atoms with Gasteiger partial charge in [-0.2, -0.15) is 0 Å². The summed E-state index contributed by atoms with van der Waals surface area (Å²) in [6.45, 7) is 19.0. The smallest absolute Gasteiger partial charge is 0.245 e. The molecule has 6 aromatic carbocycles. The lowest BCUT2D eigenvalue weighted by atomic mass is 10.0. The van der Waals surface area contributed by atoms with Crippen LogP contribution in [0.15, 0.2) is 121 Å². The summed E-state index contributed by atoms with van der Waals surface area (Å²) in [5.74, 6) is 0.568. The minimum absolute atomic E-state index is 0.618. The van der Waals surface area contributed by atoms with Crippen LogP contribution in [0.2, 0.25) is 0 Å². The van der Waals surface area contributed by atoms with Gasteiger partial charge < -0.3 is 18.6 Å². The number of hydrogen-bond donors (Lipinski definition) is 0. The van der Waals surface area contributed by atoms with Gasteiger partial charge in [-0.15, -0.1) is 0 Å². The van der Waals surface area contributed by atoms with E-state index in [9.17, 15) is 0 Å². The van der Waals surface area contributed by atoms with E-state index in [1.165, 1.54) is 0 Å². The van der Waals surface area contributed by atoms with Crippen molar-refractivity contribution in [3.8, 4) is 34.0 Å². The van der Waals surface area contributed by atoms with E-state index in [0.29, 0.717) is 11.4 Å². The molecule has 0 N–H and O–H groups in total. The van der Waals surface area contributed by atoms with Gasteiger partial charge in [0.1, 0.15) is 11.5 Å². The molecule has 6 nitrogen and oxygen atoms in total. The minimum atomic E-state index is -0.894. The Bertz CT molecular complexity index is 2510. The molecular weight excluding hydrogens is 580 g/mol. The number of ether oxygens (including phenoxy) is 2. The van der Waals surface area contributed by atoms with Gasteiger partial charge in [-0.25, -0.2) is 9.69 Å². The third-order valence-electron chi connectivity index (χ3n) is 9.01. The van der Waals surface area contributed by atoms with Crippen LogP contribution in [-0.2, 0) is 0 Å². The van der Waals surface area contributed by atoms with Crippen LogP contribution in [0.4, 0.5) is 11.4 Å². The number of aromatic nitrogens is 2. The van der Waals surface area contributed by atoms with Crippen molar-refractivity contribution in [2.45, 2.75) is 19.6 Å². The molecule has 0 atom stereocenters. The van der Waals surface area contributed by atoms with Crippen LogP contribution in [-0.4, -0.2) is 14.9 Å². The highest BCUT2D eigenvalue weighted by atomic mass is 16.7. The Morgan fingerprint density at radius 2 is 0.915 bits per heavy atom. The van der Waals surface area contributed by atoms with Gasteiger partial charge in [-0.1, -0.05) is 48.5 Å². The average Bonchev–Trinajstić information content (AvgIpc) is 3.56. The zero-order valence-corrected chi connectivity index (χ0v) is 25.7. The van der Waals surface area contributed by atoms with E-state index in [4.69, 9.17) is 22.6 Å².